The maximum Gasteiger partial charge on any atom is 0.405 e. The van der Waals surface area contributed by atoms with Gasteiger partial charge < -0.3 is 10.1 Å². The highest BCUT2D eigenvalue weighted by molar-refractivity contribution is 6.17. The van der Waals surface area contributed by atoms with Crippen LogP contribution in [0.3, 0.4) is 0 Å². The number of rotatable bonds is 4. The fourth-order valence-corrected chi connectivity index (χ4v) is 1.97. The third-order valence-corrected chi connectivity index (χ3v) is 2.99. The molecule has 0 bridgehead atoms. The summed E-state index contributed by atoms with van der Waals surface area (Å²) < 4.78 is 41.8. The largest absolute Gasteiger partial charge is 0.497 e. The first-order chi connectivity index (χ1) is 9.43. The zero-order valence-corrected chi connectivity index (χ0v) is 11.3. The van der Waals surface area contributed by atoms with Gasteiger partial charge in [0.05, 0.1) is 18.5 Å². The molecule has 1 heterocycles. The molecule has 0 aliphatic heterocycles. The maximum atomic E-state index is 12.2. The summed E-state index contributed by atoms with van der Waals surface area (Å²) >= 11 is 5.76. The fourth-order valence-electron chi connectivity index (χ4n) is 1.76. The molecule has 0 amide bonds. The van der Waals surface area contributed by atoms with E-state index in [0.29, 0.717) is 16.8 Å². The first kappa shape index (κ1) is 14.7. The van der Waals surface area contributed by atoms with E-state index in [-0.39, 0.29) is 11.7 Å². The summed E-state index contributed by atoms with van der Waals surface area (Å²) in [5, 5.41) is 3.03. The lowest BCUT2D eigenvalue weighted by Crippen LogP contribution is -2.22. The molecule has 0 saturated heterocycles. The molecule has 0 aliphatic carbocycles. The molecule has 0 fully saturated rings. The Hall–Kier alpha value is -1.69. The highest BCUT2D eigenvalue weighted by atomic mass is 35.5. The van der Waals surface area contributed by atoms with Crippen LogP contribution in [0, 0.1) is 0 Å². The molecule has 1 N–H and O–H groups in total. The van der Waals surface area contributed by atoms with E-state index in [2.05, 4.69) is 10.3 Å². The second-order valence-corrected chi connectivity index (χ2v) is 4.42. The third kappa shape index (κ3) is 3.45. The van der Waals surface area contributed by atoms with Crippen LogP contribution < -0.4 is 10.1 Å². The first-order valence-electron chi connectivity index (χ1n) is 5.77. The summed E-state index contributed by atoms with van der Waals surface area (Å²) in [5.41, 5.74) is 1.08. The normalized spacial score (nSPS) is 11.7. The number of aromatic nitrogens is 1. The summed E-state index contributed by atoms with van der Waals surface area (Å²) in [6.45, 7) is -1.15. The zero-order chi connectivity index (χ0) is 14.8. The lowest BCUT2D eigenvalue weighted by atomic mass is 10.1. The van der Waals surface area contributed by atoms with Crippen molar-refractivity contribution in [3.05, 3.63) is 29.8 Å². The zero-order valence-electron chi connectivity index (χ0n) is 10.6. The van der Waals surface area contributed by atoms with Crippen molar-refractivity contribution < 1.29 is 17.9 Å². The van der Waals surface area contributed by atoms with Gasteiger partial charge in [0.1, 0.15) is 18.1 Å². The summed E-state index contributed by atoms with van der Waals surface area (Å²) in [4.78, 5) is 4.17. The van der Waals surface area contributed by atoms with Crippen molar-refractivity contribution in [3.8, 4) is 5.75 Å². The molecule has 108 valence electrons. The van der Waals surface area contributed by atoms with Gasteiger partial charge >= 0.3 is 6.18 Å². The predicted octanol–water partition coefficient (Wildman–Crippen LogP) is 3.96. The molecule has 0 radical (unpaired) electrons. The number of fused-ring (bicyclic) bond motifs is 1. The molecule has 2 aromatic rings. The molecule has 0 unspecified atom stereocenters. The van der Waals surface area contributed by atoms with Crippen LogP contribution in [-0.2, 0) is 5.88 Å². The average molecular weight is 305 g/mol. The van der Waals surface area contributed by atoms with Crippen molar-refractivity contribution in [3.63, 3.8) is 0 Å². The molecule has 0 aliphatic rings. The van der Waals surface area contributed by atoms with Gasteiger partial charge in [0.2, 0.25) is 0 Å². The van der Waals surface area contributed by atoms with E-state index >= 15 is 0 Å². The van der Waals surface area contributed by atoms with Crippen LogP contribution >= 0.6 is 11.6 Å². The number of anilines is 1. The Morgan fingerprint density at radius 2 is 2.05 bits per heavy atom. The molecule has 0 atom stereocenters. The van der Waals surface area contributed by atoms with Gasteiger partial charge in [0.25, 0.3) is 0 Å². The molecule has 0 spiro atoms. The van der Waals surface area contributed by atoms with E-state index in [1.807, 2.05) is 0 Å². The second kappa shape index (κ2) is 5.75. The smallest absolute Gasteiger partial charge is 0.405 e. The van der Waals surface area contributed by atoms with E-state index in [0.717, 1.165) is 5.39 Å². The van der Waals surface area contributed by atoms with Crippen LogP contribution in [0.1, 0.15) is 5.56 Å². The Kier molecular flexibility index (Phi) is 4.23. The SMILES string of the molecule is COc1ccc2nc(NCC(F)(F)F)c(CCl)cc2c1. The highest BCUT2D eigenvalue weighted by Gasteiger charge is 2.27. The Morgan fingerprint density at radius 3 is 2.65 bits per heavy atom. The number of hydrogen-bond donors (Lipinski definition) is 1. The number of hydrogen-bond acceptors (Lipinski definition) is 3. The van der Waals surface area contributed by atoms with Gasteiger partial charge in [-0.25, -0.2) is 4.98 Å². The molecular formula is C13H12ClF3N2O. The van der Waals surface area contributed by atoms with Crippen LogP contribution in [-0.4, -0.2) is 24.8 Å². The predicted molar refractivity (Wildman–Crippen MR) is 72.4 cm³/mol. The van der Waals surface area contributed by atoms with E-state index in [1.54, 1.807) is 24.3 Å². The third-order valence-electron chi connectivity index (χ3n) is 2.70. The molecule has 1 aromatic carbocycles. The number of nitrogens with zero attached hydrogens (tertiary/aromatic N) is 1. The van der Waals surface area contributed by atoms with Gasteiger partial charge in [-0.3, -0.25) is 0 Å². The van der Waals surface area contributed by atoms with Crippen LogP contribution in [0.4, 0.5) is 19.0 Å². The Bertz CT molecular complexity index is 616. The van der Waals surface area contributed by atoms with Crippen molar-refractivity contribution in [2.45, 2.75) is 12.1 Å². The quantitative estimate of drug-likeness (QED) is 0.868. The fraction of sp³-hybridized carbons (Fsp3) is 0.308. The number of pyridine rings is 1. The van der Waals surface area contributed by atoms with Gasteiger partial charge in [0, 0.05) is 10.9 Å². The van der Waals surface area contributed by atoms with Crippen LogP contribution in [0.2, 0.25) is 0 Å². The highest BCUT2D eigenvalue weighted by Crippen LogP contribution is 2.26. The first-order valence-corrected chi connectivity index (χ1v) is 6.30. The van der Waals surface area contributed by atoms with Crippen molar-refractivity contribution in [2.24, 2.45) is 0 Å². The van der Waals surface area contributed by atoms with Gasteiger partial charge in [-0.15, -0.1) is 11.6 Å². The Labute approximate surface area is 118 Å². The number of ether oxygens (including phenoxy) is 1. The summed E-state index contributed by atoms with van der Waals surface area (Å²) in [7, 11) is 1.54. The lowest BCUT2D eigenvalue weighted by Gasteiger charge is -2.13. The summed E-state index contributed by atoms with van der Waals surface area (Å²) in [6, 6.07) is 6.84. The Morgan fingerprint density at radius 1 is 1.30 bits per heavy atom. The minimum absolute atomic E-state index is 0.0698. The second-order valence-electron chi connectivity index (χ2n) is 4.16. The van der Waals surface area contributed by atoms with Gasteiger partial charge in [-0.05, 0) is 24.3 Å². The number of nitrogens with one attached hydrogen (secondary N) is 1. The van der Waals surface area contributed by atoms with E-state index in [9.17, 15) is 13.2 Å². The van der Waals surface area contributed by atoms with Gasteiger partial charge in [0.15, 0.2) is 0 Å². The van der Waals surface area contributed by atoms with Gasteiger partial charge in [-0.2, -0.15) is 13.2 Å². The molecule has 7 heteroatoms. The summed E-state index contributed by atoms with van der Waals surface area (Å²) in [5.74, 6) is 0.867. The molecule has 0 saturated carbocycles. The van der Waals surface area contributed by atoms with E-state index < -0.39 is 12.7 Å². The monoisotopic (exact) mass is 304 g/mol. The molecule has 2 rings (SSSR count). The van der Waals surface area contributed by atoms with Crippen molar-refractivity contribution in [1.29, 1.82) is 0 Å². The topological polar surface area (TPSA) is 34.1 Å². The number of methoxy groups -OCH3 is 1. The minimum Gasteiger partial charge on any atom is -0.497 e. The average Bonchev–Trinajstić information content (AvgIpc) is 2.42. The molecule has 1 aromatic heterocycles. The van der Waals surface area contributed by atoms with E-state index in [4.69, 9.17) is 16.3 Å². The van der Waals surface area contributed by atoms with Crippen molar-refractivity contribution in [2.75, 3.05) is 19.0 Å². The standard InChI is InChI=1S/C13H12ClF3N2O/c1-20-10-2-3-11-8(5-10)4-9(6-14)12(19-11)18-7-13(15,16)17/h2-5H,6-7H2,1H3,(H,18,19). The Balaban J connectivity index is 2.39. The van der Waals surface area contributed by atoms with Crippen LogP contribution in [0.15, 0.2) is 24.3 Å². The number of benzene rings is 1. The van der Waals surface area contributed by atoms with Crippen molar-refractivity contribution in [1.82, 2.24) is 4.98 Å². The van der Waals surface area contributed by atoms with Crippen LogP contribution in [0.5, 0.6) is 5.75 Å². The van der Waals surface area contributed by atoms with Crippen LogP contribution in [0.25, 0.3) is 10.9 Å². The lowest BCUT2D eigenvalue weighted by molar-refractivity contribution is -0.115. The van der Waals surface area contributed by atoms with Gasteiger partial charge in [-0.1, -0.05) is 0 Å². The molecular weight excluding hydrogens is 293 g/mol. The summed E-state index contributed by atoms with van der Waals surface area (Å²) in [6.07, 6.45) is -4.31. The maximum absolute atomic E-state index is 12.2. The molecule has 3 nitrogen and oxygen atoms in total. The number of halogens is 4. The minimum atomic E-state index is -4.31. The number of alkyl halides is 4. The molecule has 20 heavy (non-hydrogen) atoms. The van der Waals surface area contributed by atoms with Crippen molar-refractivity contribution >= 4 is 28.3 Å². The van der Waals surface area contributed by atoms with E-state index in [1.165, 1.54) is 7.11 Å².